The Kier molecular flexibility index (Phi) is 4.52. The van der Waals surface area contributed by atoms with Crippen molar-refractivity contribution in [3.63, 3.8) is 0 Å². The molecule has 0 spiro atoms. The molecule has 2 N–H and O–H groups in total. The number of benzene rings is 1. The summed E-state index contributed by atoms with van der Waals surface area (Å²) in [5.74, 6) is 0. The molecule has 0 bridgehead atoms. The molecule has 1 aromatic heterocycles. The summed E-state index contributed by atoms with van der Waals surface area (Å²) < 4.78 is 2.48. The van der Waals surface area contributed by atoms with E-state index < -0.39 is 0 Å². The topological polar surface area (TPSA) is 37.4 Å². The van der Waals surface area contributed by atoms with Crippen LogP contribution in [-0.2, 0) is 13.1 Å². The molecule has 4 nitrogen and oxygen atoms in total. The highest BCUT2D eigenvalue weighted by molar-refractivity contribution is 5.85. The number of likely N-dealkylation sites (N-methyl/N-ethyl adjacent to an activating group) is 1. The zero-order valence-corrected chi connectivity index (χ0v) is 14.0. The number of nitrogens with zero attached hydrogens (tertiary/aromatic N) is 3. The molecule has 2 heterocycles. The molecule has 3 rings (SSSR count). The van der Waals surface area contributed by atoms with Gasteiger partial charge < -0.3 is 15.2 Å². The lowest BCUT2D eigenvalue weighted by Gasteiger charge is -2.32. The lowest BCUT2D eigenvalue weighted by Crippen LogP contribution is -2.44. The summed E-state index contributed by atoms with van der Waals surface area (Å²) >= 11 is 0. The van der Waals surface area contributed by atoms with Crippen LogP contribution in [0.2, 0.25) is 0 Å². The Bertz CT molecular complexity index is 636. The molecule has 120 valence electrons. The van der Waals surface area contributed by atoms with E-state index in [-0.39, 0.29) is 0 Å². The molecule has 1 aliphatic heterocycles. The van der Waals surface area contributed by atoms with Crippen molar-refractivity contribution in [3.8, 4) is 0 Å². The van der Waals surface area contributed by atoms with E-state index in [1.807, 2.05) is 0 Å². The average molecular weight is 300 g/mol. The molecule has 1 aliphatic rings. The molecule has 0 unspecified atom stereocenters. The Morgan fingerprint density at radius 2 is 1.86 bits per heavy atom. The second-order valence-electron chi connectivity index (χ2n) is 6.73. The number of rotatable bonds is 4. The standard InChI is InChI=1S/C18H28N4/c1-14(2)22-16(13-21-9-7-20(3)8-10-21)11-17-15(12-19)5-4-6-18(17)22/h4-6,11,14H,7-10,12-13,19H2,1-3H3. The van der Waals surface area contributed by atoms with Crippen LogP contribution in [0, 0.1) is 0 Å². The predicted molar refractivity (Wildman–Crippen MR) is 93.0 cm³/mol. The summed E-state index contributed by atoms with van der Waals surface area (Å²) in [6, 6.07) is 9.32. The van der Waals surface area contributed by atoms with Crippen molar-refractivity contribution in [1.82, 2.24) is 14.4 Å². The second kappa shape index (κ2) is 6.41. The van der Waals surface area contributed by atoms with E-state index in [9.17, 15) is 0 Å². The smallest absolute Gasteiger partial charge is 0.0488 e. The molecule has 1 saturated heterocycles. The van der Waals surface area contributed by atoms with Gasteiger partial charge in [-0.25, -0.2) is 0 Å². The summed E-state index contributed by atoms with van der Waals surface area (Å²) in [5, 5.41) is 1.32. The minimum atomic E-state index is 0.466. The van der Waals surface area contributed by atoms with Crippen LogP contribution in [0.15, 0.2) is 24.3 Å². The third-order valence-corrected chi connectivity index (χ3v) is 4.77. The molecule has 1 fully saturated rings. The van der Waals surface area contributed by atoms with E-state index in [1.165, 1.54) is 22.2 Å². The minimum absolute atomic E-state index is 0.466. The van der Waals surface area contributed by atoms with Crippen LogP contribution in [0.25, 0.3) is 10.9 Å². The lowest BCUT2D eigenvalue weighted by molar-refractivity contribution is 0.145. The van der Waals surface area contributed by atoms with Gasteiger partial charge in [0.25, 0.3) is 0 Å². The Balaban J connectivity index is 1.96. The maximum Gasteiger partial charge on any atom is 0.0488 e. The van der Waals surface area contributed by atoms with Gasteiger partial charge >= 0.3 is 0 Å². The number of nitrogens with two attached hydrogens (primary N) is 1. The first kappa shape index (κ1) is 15.5. The van der Waals surface area contributed by atoms with Gasteiger partial charge in [-0.2, -0.15) is 0 Å². The molecule has 0 atom stereocenters. The van der Waals surface area contributed by atoms with Crippen LogP contribution in [0.4, 0.5) is 0 Å². The van der Waals surface area contributed by atoms with Crippen LogP contribution >= 0.6 is 0 Å². The number of aromatic nitrogens is 1. The Hall–Kier alpha value is -1.36. The molecular formula is C18H28N4. The Labute approximate surface area is 133 Å². The van der Waals surface area contributed by atoms with E-state index in [0.29, 0.717) is 12.6 Å². The SMILES string of the molecule is CC(C)n1c(CN2CCN(C)CC2)cc2c(CN)cccc21. The number of hydrogen-bond acceptors (Lipinski definition) is 3. The van der Waals surface area contributed by atoms with Gasteiger partial charge in [0.05, 0.1) is 0 Å². The summed E-state index contributed by atoms with van der Waals surface area (Å²) in [5.41, 5.74) is 9.91. The normalized spacial score (nSPS) is 17.7. The molecule has 1 aromatic carbocycles. The quantitative estimate of drug-likeness (QED) is 0.942. The van der Waals surface area contributed by atoms with Crippen molar-refractivity contribution in [3.05, 3.63) is 35.5 Å². The maximum atomic E-state index is 5.93. The number of fused-ring (bicyclic) bond motifs is 1. The maximum absolute atomic E-state index is 5.93. The highest BCUT2D eigenvalue weighted by Crippen LogP contribution is 2.28. The first-order valence-electron chi connectivity index (χ1n) is 8.33. The molecule has 0 amide bonds. The van der Waals surface area contributed by atoms with E-state index in [2.05, 4.69) is 59.5 Å². The van der Waals surface area contributed by atoms with Crippen LogP contribution in [0.5, 0.6) is 0 Å². The molecule has 4 heteroatoms. The fourth-order valence-corrected chi connectivity index (χ4v) is 3.51. The molecule has 0 aliphatic carbocycles. The van der Waals surface area contributed by atoms with Crippen molar-refractivity contribution in [2.24, 2.45) is 5.73 Å². The van der Waals surface area contributed by atoms with Gasteiger partial charge in [0.2, 0.25) is 0 Å². The monoisotopic (exact) mass is 300 g/mol. The summed E-state index contributed by atoms with van der Waals surface area (Å²) in [4.78, 5) is 4.97. The van der Waals surface area contributed by atoms with Gasteiger partial charge in [-0.05, 0) is 38.6 Å². The average Bonchev–Trinajstić information content (AvgIpc) is 2.87. The zero-order valence-electron chi connectivity index (χ0n) is 14.0. The zero-order chi connectivity index (χ0) is 15.7. The summed E-state index contributed by atoms with van der Waals surface area (Å²) in [6.45, 7) is 10.8. The van der Waals surface area contributed by atoms with E-state index in [1.54, 1.807) is 0 Å². The largest absolute Gasteiger partial charge is 0.341 e. The number of piperazine rings is 1. The highest BCUT2D eigenvalue weighted by atomic mass is 15.3. The van der Waals surface area contributed by atoms with Crippen molar-refractivity contribution >= 4 is 10.9 Å². The van der Waals surface area contributed by atoms with E-state index in [0.717, 1.165) is 32.7 Å². The van der Waals surface area contributed by atoms with Crippen LogP contribution in [0.1, 0.15) is 31.1 Å². The molecule has 0 saturated carbocycles. The van der Waals surface area contributed by atoms with Crippen molar-refractivity contribution < 1.29 is 0 Å². The van der Waals surface area contributed by atoms with Gasteiger partial charge in [0.1, 0.15) is 0 Å². The molecule has 0 radical (unpaired) electrons. The Morgan fingerprint density at radius 1 is 1.14 bits per heavy atom. The second-order valence-corrected chi connectivity index (χ2v) is 6.73. The van der Waals surface area contributed by atoms with Crippen LogP contribution < -0.4 is 5.73 Å². The Morgan fingerprint density at radius 3 is 2.50 bits per heavy atom. The molecule has 22 heavy (non-hydrogen) atoms. The fraction of sp³-hybridized carbons (Fsp3) is 0.556. The van der Waals surface area contributed by atoms with Gasteiger partial charge in [-0.3, -0.25) is 4.90 Å². The first-order chi connectivity index (χ1) is 10.6. The van der Waals surface area contributed by atoms with Gasteiger partial charge in [0.15, 0.2) is 0 Å². The van der Waals surface area contributed by atoms with Gasteiger partial charge in [0, 0.05) is 61.9 Å². The third-order valence-electron chi connectivity index (χ3n) is 4.77. The van der Waals surface area contributed by atoms with Crippen LogP contribution in [-0.4, -0.2) is 47.6 Å². The predicted octanol–water partition coefficient (Wildman–Crippen LogP) is 2.43. The van der Waals surface area contributed by atoms with E-state index >= 15 is 0 Å². The minimum Gasteiger partial charge on any atom is -0.341 e. The van der Waals surface area contributed by atoms with Gasteiger partial charge in [-0.1, -0.05) is 12.1 Å². The molecule has 2 aromatic rings. The lowest BCUT2D eigenvalue weighted by atomic mass is 10.1. The first-order valence-corrected chi connectivity index (χ1v) is 8.33. The fourth-order valence-electron chi connectivity index (χ4n) is 3.51. The van der Waals surface area contributed by atoms with E-state index in [4.69, 9.17) is 5.73 Å². The van der Waals surface area contributed by atoms with Crippen molar-refractivity contribution in [1.29, 1.82) is 0 Å². The van der Waals surface area contributed by atoms with Crippen molar-refractivity contribution in [2.75, 3.05) is 33.2 Å². The number of hydrogen-bond donors (Lipinski definition) is 1. The van der Waals surface area contributed by atoms with Crippen LogP contribution in [0.3, 0.4) is 0 Å². The van der Waals surface area contributed by atoms with Crippen molar-refractivity contribution in [2.45, 2.75) is 33.0 Å². The summed E-state index contributed by atoms with van der Waals surface area (Å²) in [7, 11) is 2.20. The summed E-state index contributed by atoms with van der Waals surface area (Å²) in [6.07, 6.45) is 0. The third kappa shape index (κ3) is 2.91. The highest BCUT2D eigenvalue weighted by Gasteiger charge is 2.18. The molecular weight excluding hydrogens is 272 g/mol. The van der Waals surface area contributed by atoms with Gasteiger partial charge in [-0.15, -0.1) is 0 Å².